The summed E-state index contributed by atoms with van der Waals surface area (Å²) in [7, 11) is 1.58. The Balaban J connectivity index is 2.15. The van der Waals surface area contributed by atoms with Gasteiger partial charge in [-0.05, 0) is 36.4 Å². The van der Waals surface area contributed by atoms with E-state index in [0.717, 1.165) is 23.2 Å². The quantitative estimate of drug-likeness (QED) is 0.687. The van der Waals surface area contributed by atoms with Gasteiger partial charge in [-0.1, -0.05) is 18.2 Å². The first-order valence-corrected chi connectivity index (χ1v) is 6.56. The number of aromatic nitrogens is 2. The minimum atomic E-state index is 0.576. The Morgan fingerprint density at radius 1 is 1.10 bits per heavy atom. The van der Waals surface area contributed by atoms with Crippen molar-refractivity contribution in [3.05, 3.63) is 66.4 Å². The molecule has 0 amide bonds. The van der Waals surface area contributed by atoms with E-state index in [1.807, 2.05) is 53.2 Å². The summed E-state index contributed by atoms with van der Waals surface area (Å²) in [6.45, 7) is 0. The van der Waals surface area contributed by atoms with Crippen molar-refractivity contribution in [2.75, 3.05) is 7.11 Å². The molecule has 3 rings (SSSR count). The third-order valence-electron chi connectivity index (χ3n) is 3.31. The molecule has 0 aliphatic rings. The number of rotatable bonds is 4. The zero-order valence-corrected chi connectivity index (χ0v) is 11.6. The normalized spacial score (nSPS) is 10.3. The molecule has 1 aromatic heterocycles. The first kappa shape index (κ1) is 13.1. The van der Waals surface area contributed by atoms with Gasteiger partial charge < -0.3 is 4.74 Å². The summed E-state index contributed by atoms with van der Waals surface area (Å²) in [5.41, 5.74) is 3.22. The molecule has 4 nitrogen and oxygen atoms in total. The molecule has 0 unspecified atom stereocenters. The molecule has 21 heavy (non-hydrogen) atoms. The zero-order valence-electron chi connectivity index (χ0n) is 11.6. The van der Waals surface area contributed by atoms with Crippen molar-refractivity contribution >= 4 is 6.29 Å². The predicted molar refractivity (Wildman–Crippen MR) is 80.9 cm³/mol. The number of hydrogen-bond donors (Lipinski definition) is 0. The molecule has 104 valence electrons. The molecule has 0 radical (unpaired) electrons. The van der Waals surface area contributed by atoms with Gasteiger partial charge in [-0.3, -0.25) is 4.79 Å². The number of hydrogen-bond acceptors (Lipinski definition) is 3. The van der Waals surface area contributed by atoms with E-state index in [1.165, 1.54) is 0 Å². The molecule has 0 saturated heterocycles. The Hall–Kier alpha value is -2.88. The minimum Gasteiger partial charge on any atom is -0.497 e. The second-order valence-electron chi connectivity index (χ2n) is 4.53. The Morgan fingerprint density at radius 2 is 1.90 bits per heavy atom. The maximum absolute atomic E-state index is 11.4. The van der Waals surface area contributed by atoms with Crippen LogP contribution in [0.3, 0.4) is 0 Å². The number of benzene rings is 2. The third kappa shape index (κ3) is 2.43. The molecule has 0 bridgehead atoms. The summed E-state index contributed by atoms with van der Waals surface area (Å²) in [5, 5.41) is 4.35. The van der Waals surface area contributed by atoms with Gasteiger partial charge in [0.15, 0.2) is 6.29 Å². The highest BCUT2D eigenvalue weighted by Gasteiger charge is 2.12. The van der Waals surface area contributed by atoms with Crippen LogP contribution >= 0.6 is 0 Å². The molecule has 0 spiro atoms. The van der Waals surface area contributed by atoms with Crippen LogP contribution in [-0.4, -0.2) is 23.2 Å². The third-order valence-corrected chi connectivity index (χ3v) is 3.31. The molecular formula is C17H14N2O2. The van der Waals surface area contributed by atoms with E-state index < -0.39 is 0 Å². The maximum atomic E-state index is 11.4. The molecule has 1 heterocycles. The van der Waals surface area contributed by atoms with Gasteiger partial charge in [0, 0.05) is 11.1 Å². The van der Waals surface area contributed by atoms with Gasteiger partial charge in [0.2, 0.25) is 0 Å². The molecular weight excluding hydrogens is 264 g/mol. The number of carbonyl (C=O) groups is 1. The molecule has 0 atom stereocenters. The van der Waals surface area contributed by atoms with E-state index in [1.54, 1.807) is 19.4 Å². The first-order valence-electron chi connectivity index (χ1n) is 6.56. The van der Waals surface area contributed by atoms with Crippen molar-refractivity contribution in [1.29, 1.82) is 0 Å². The molecule has 2 aromatic carbocycles. The lowest BCUT2D eigenvalue weighted by Gasteiger charge is -2.10. The van der Waals surface area contributed by atoms with Gasteiger partial charge in [-0.2, -0.15) is 5.10 Å². The lowest BCUT2D eigenvalue weighted by Crippen LogP contribution is -2.00. The minimum absolute atomic E-state index is 0.576. The molecule has 4 heteroatoms. The van der Waals surface area contributed by atoms with Crippen LogP contribution in [0.5, 0.6) is 5.75 Å². The van der Waals surface area contributed by atoms with Gasteiger partial charge in [-0.25, -0.2) is 4.68 Å². The van der Waals surface area contributed by atoms with Crippen molar-refractivity contribution < 1.29 is 9.53 Å². The van der Waals surface area contributed by atoms with E-state index in [0.29, 0.717) is 11.3 Å². The lowest BCUT2D eigenvalue weighted by molar-refractivity contribution is 0.112. The molecule has 0 aliphatic heterocycles. The van der Waals surface area contributed by atoms with Crippen LogP contribution in [0.15, 0.2) is 60.8 Å². The van der Waals surface area contributed by atoms with E-state index in [9.17, 15) is 4.79 Å². The van der Waals surface area contributed by atoms with Crippen LogP contribution in [0, 0.1) is 0 Å². The Bertz CT molecular complexity index is 763. The van der Waals surface area contributed by atoms with Crippen molar-refractivity contribution in [2.45, 2.75) is 0 Å². The van der Waals surface area contributed by atoms with Crippen LogP contribution in [0.25, 0.3) is 16.9 Å². The van der Waals surface area contributed by atoms with Crippen LogP contribution < -0.4 is 4.74 Å². The first-order chi connectivity index (χ1) is 10.3. The topological polar surface area (TPSA) is 44.1 Å². The summed E-state index contributed by atoms with van der Waals surface area (Å²) < 4.78 is 6.98. The van der Waals surface area contributed by atoms with Crippen molar-refractivity contribution in [3.63, 3.8) is 0 Å². The summed E-state index contributed by atoms with van der Waals surface area (Å²) in [5.74, 6) is 0.659. The fourth-order valence-electron chi connectivity index (χ4n) is 2.28. The van der Waals surface area contributed by atoms with Crippen molar-refractivity contribution in [1.82, 2.24) is 9.78 Å². The highest BCUT2D eigenvalue weighted by atomic mass is 16.5. The van der Waals surface area contributed by atoms with Crippen LogP contribution in [-0.2, 0) is 0 Å². The number of carbonyl (C=O) groups excluding carboxylic acids is 1. The molecule has 0 fully saturated rings. The van der Waals surface area contributed by atoms with Crippen molar-refractivity contribution in [2.24, 2.45) is 0 Å². The van der Waals surface area contributed by atoms with Gasteiger partial charge in [0.25, 0.3) is 0 Å². The highest BCUT2D eigenvalue weighted by Crippen LogP contribution is 2.27. The number of methoxy groups -OCH3 is 1. The average Bonchev–Trinajstić information content (AvgIpc) is 3.04. The second kappa shape index (κ2) is 5.63. The fourth-order valence-corrected chi connectivity index (χ4v) is 2.28. The summed E-state index contributed by atoms with van der Waals surface area (Å²) in [4.78, 5) is 11.4. The maximum Gasteiger partial charge on any atom is 0.150 e. The number of ether oxygens (including phenoxy) is 1. The van der Waals surface area contributed by atoms with E-state index in [-0.39, 0.29) is 0 Å². The van der Waals surface area contributed by atoms with Gasteiger partial charge >= 0.3 is 0 Å². The number of aldehydes is 1. The highest BCUT2D eigenvalue weighted by molar-refractivity contribution is 5.87. The summed E-state index contributed by atoms with van der Waals surface area (Å²) in [6, 6.07) is 17.1. The van der Waals surface area contributed by atoms with E-state index >= 15 is 0 Å². The molecule has 0 saturated carbocycles. The second-order valence-corrected chi connectivity index (χ2v) is 4.53. The van der Waals surface area contributed by atoms with Gasteiger partial charge in [-0.15, -0.1) is 0 Å². The van der Waals surface area contributed by atoms with Gasteiger partial charge in [0.1, 0.15) is 5.75 Å². The number of nitrogens with zero attached hydrogens (tertiary/aromatic N) is 2. The summed E-state index contributed by atoms with van der Waals surface area (Å²) >= 11 is 0. The van der Waals surface area contributed by atoms with Crippen LogP contribution in [0.4, 0.5) is 0 Å². The zero-order chi connectivity index (χ0) is 14.7. The van der Waals surface area contributed by atoms with Crippen molar-refractivity contribution in [3.8, 4) is 22.7 Å². The Kier molecular flexibility index (Phi) is 3.51. The van der Waals surface area contributed by atoms with Crippen LogP contribution in [0.2, 0.25) is 0 Å². The average molecular weight is 278 g/mol. The SMILES string of the molecule is COc1ccc(-c2ccnn2-c2ccccc2)c(C=O)c1. The molecule has 0 aliphatic carbocycles. The smallest absolute Gasteiger partial charge is 0.150 e. The standard InChI is InChI=1S/C17H14N2O2/c1-21-15-7-8-16(13(11-15)12-20)17-9-10-18-19(17)14-5-3-2-4-6-14/h2-12H,1H3. The Morgan fingerprint density at radius 3 is 2.62 bits per heavy atom. The van der Waals surface area contributed by atoms with E-state index in [4.69, 9.17) is 4.74 Å². The molecule has 0 N–H and O–H groups in total. The number of para-hydroxylation sites is 1. The predicted octanol–water partition coefficient (Wildman–Crippen LogP) is 3.36. The van der Waals surface area contributed by atoms with Crippen LogP contribution in [0.1, 0.15) is 10.4 Å². The Labute approximate surface area is 122 Å². The molecule has 3 aromatic rings. The monoisotopic (exact) mass is 278 g/mol. The van der Waals surface area contributed by atoms with E-state index in [2.05, 4.69) is 5.10 Å². The fraction of sp³-hybridized carbons (Fsp3) is 0.0588. The largest absolute Gasteiger partial charge is 0.497 e. The lowest BCUT2D eigenvalue weighted by atomic mass is 10.0. The van der Waals surface area contributed by atoms with Gasteiger partial charge in [0.05, 0.1) is 24.7 Å². The summed E-state index contributed by atoms with van der Waals surface area (Å²) in [6.07, 6.45) is 2.56.